The number of nitrogens with one attached hydrogen (secondary N) is 1. The monoisotopic (exact) mass is 314 g/mol. The molecule has 0 saturated carbocycles. The number of carbonyl (C=O) groups excluding carboxylic acids is 2. The second-order valence-corrected chi connectivity index (χ2v) is 5.46. The van der Waals surface area contributed by atoms with Crippen LogP contribution in [0.3, 0.4) is 0 Å². The SMILES string of the molecule is C[C@@H](Cn1ccnc1)NC(=O)CN1C(=O)COc2ccccc21. The van der Waals surface area contributed by atoms with E-state index in [4.69, 9.17) is 4.74 Å². The van der Waals surface area contributed by atoms with Gasteiger partial charge in [-0.15, -0.1) is 0 Å². The van der Waals surface area contributed by atoms with Gasteiger partial charge < -0.3 is 14.6 Å². The van der Waals surface area contributed by atoms with Crippen molar-refractivity contribution < 1.29 is 14.3 Å². The quantitative estimate of drug-likeness (QED) is 0.886. The Morgan fingerprint density at radius 2 is 2.26 bits per heavy atom. The van der Waals surface area contributed by atoms with Crippen LogP contribution in [0.5, 0.6) is 5.75 Å². The van der Waals surface area contributed by atoms with Crippen LogP contribution in [0.15, 0.2) is 43.0 Å². The van der Waals surface area contributed by atoms with Crippen LogP contribution in [0, 0.1) is 0 Å². The first-order valence-corrected chi connectivity index (χ1v) is 7.41. The minimum Gasteiger partial charge on any atom is -0.482 e. The molecule has 2 aromatic rings. The molecule has 1 aromatic heterocycles. The molecule has 0 aliphatic carbocycles. The third-order valence-electron chi connectivity index (χ3n) is 3.56. The van der Waals surface area contributed by atoms with Crippen molar-refractivity contribution >= 4 is 17.5 Å². The van der Waals surface area contributed by atoms with Crippen molar-refractivity contribution in [3.05, 3.63) is 43.0 Å². The van der Waals surface area contributed by atoms with Crippen LogP contribution in [0.25, 0.3) is 0 Å². The molecule has 2 heterocycles. The molecule has 2 amide bonds. The van der Waals surface area contributed by atoms with Crippen molar-refractivity contribution in [2.24, 2.45) is 0 Å². The fourth-order valence-electron chi connectivity index (χ4n) is 2.55. The molecule has 0 spiro atoms. The molecule has 1 aliphatic heterocycles. The van der Waals surface area contributed by atoms with Crippen LogP contribution in [-0.2, 0) is 16.1 Å². The molecule has 0 unspecified atom stereocenters. The molecule has 0 radical (unpaired) electrons. The summed E-state index contributed by atoms with van der Waals surface area (Å²) in [6.07, 6.45) is 5.23. The predicted molar refractivity (Wildman–Crippen MR) is 84.1 cm³/mol. The topological polar surface area (TPSA) is 76.5 Å². The van der Waals surface area contributed by atoms with Crippen molar-refractivity contribution in [1.82, 2.24) is 14.9 Å². The Hall–Kier alpha value is -2.83. The zero-order chi connectivity index (χ0) is 16.2. The lowest BCUT2D eigenvalue weighted by Gasteiger charge is -2.29. The molecule has 0 bridgehead atoms. The summed E-state index contributed by atoms with van der Waals surface area (Å²) in [6.45, 7) is 2.47. The van der Waals surface area contributed by atoms with E-state index >= 15 is 0 Å². The van der Waals surface area contributed by atoms with E-state index in [1.54, 1.807) is 24.7 Å². The Morgan fingerprint density at radius 3 is 3.04 bits per heavy atom. The number of benzene rings is 1. The second-order valence-electron chi connectivity index (χ2n) is 5.46. The first-order valence-electron chi connectivity index (χ1n) is 7.41. The lowest BCUT2D eigenvalue weighted by molar-refractivity contribution is -0.125. The summed E-state index contributed by atoms with van der Waals surface area (Å²) in [6, 6.07) is 7.14. The number of amides is 2. The third-order valence-corrected chi connectivity index (χ3v) is 3.56. The number of fused-ring (bicyclic) bond motifs is 1. The lowest BCUT2D eigenvalue weighted by atomic mass is 10.2. The van der Waals surface area contributed by atoms with Gasteiger partial charge in [0.05, 0.1) is 12.0 Å². The maximum atomic E-state index is 12.2. The molecule has 0 saturated heterocycles. The van der Waals surface area contributed by atoms with Gasteiger partial charge in [-0.1, -0.05) is 12.1 Å². The molecular formula is C16H18N4O3. The predicted octanol–water partition coefficient (Wildman–Crippen LogP) is 0.813. The van der Waals surface area contributed by atoms with Crippen LogP contribution < -0.4 is 15.0 Å². The first kappa shape index (κ1) is 15.1. The largest absolute Gasteiger partial charge is 0.482 e. The summed E-state index contributed by atoms with van der Waals surface area (Å²) >= 11 is 0. The van der Waals surface area contributed by atoms with E-state index in [1.165, 1.54) is 4.90 Å². The zero-order valence-electron chi connectivity index (χ0n) is 12.8. The van der Waals surface area contributed by atoms with Gasteiger partial charge in [-0.3, -0.25) is 14.5 Å². The fourth-order valence-corrected chi connectivity index (χ4v) is 2.55. The van der Waals surface area contributed by atoms with Gasteiger partial charge in [-0.25, -0.2) is 4.98 Å². The van der Waals surface area contributed by atoms with Gasteiger partial charge in [0.2, 0.25) is 5.91 Å². The number of hydrogen-bond donors (Lipinski definition) is 1. The summed E-state index contributed by atoms with van der Waals surface area (Å²) in [4.78, 5) is 29.7. The van der Waals surface area contributed by atoms with Crippen LogP contribution in [0.2, 0.25) is 0 Å². The molecule has 7 nitrogen and oxygen atoms in total. The van der Waals surface area contributed by atoms with Crippen LogP contribution in [0.1, 0.15) is 6.92 Å². The molecule has 1 atom stereocenters. The number of ether oxygens (including phenoxy) is 1. The summed E-state index contributed by atoms with van der Waals surface area (Å²) in [7, 11) is 0. The number of rotatable bonds is 5. The van der Waals surface area contributed by atoms with Gasteiger partial charge in [0.1, 0.15) is 12.3 Å². The Balaban J connectivity index is 1.62. The molecule has 1 N–H and O–H groups in total. The van der Waals surface area contributed by atoms with Crippen LogP contribution in [-0.4, -0.2) is 40.6 Å². The Bertz CT molecular complexity index is 699. The van der Waals surface area contributed by atoms with Gasteiger partial charge in [0.15, 0.2) is 6.61 Å². The second kappa shape index (κ2) is 6.51. The molecule has 0 fully saturated rings. The Labute approximate surface area is 133 Å². The minimum atomic E-state index is -0.221. The van der Waals surface area contributed by atoms with E-state index in [1.807, 2.05) is 29.8 Å². The van der Waals surface area contributed by atoms with Gasteiger partial charge in [-0.2, -0.15) is 0 Å². The van der Waals surface area contributed by atoms with Crippen molar-refractivity contribution in [2.45, 2.75) is 19.5 Å². The first-order chi connectivity index (χ1) is 11.1. The highest BCUT2D eigenvalue weighted by Gasteiger charge is 2.27. The maximum Gasteiger partial charge on any atom is 0.265 e. The van der Waals surface area contributed by atoms with Crippen molar-refractivity contribution in [1.29, 1.82) is 0 Å². The highest BCUT2D eigenvalue weighted by atomic mass is 16.5. The summed E-state index contributed by atoms with van der Waals surface area (Å²) < 4.78 is 7.25. The van der Waals surface area contributed by atoms with E-state index in [0.29, 0.717) is 18.0 Å². The zero-order valence-corrected chi connectivity index (χ0v) is 12.8. The Kier molecular flexibility index (Phi) is 4.27. The van der Waals surface area contributed by atoms with E-state index in [9.17, 15) is 9.59 Å². The molecule has 3 rings (SSSR count). The number of aromatic nitrogens is 2. The number of carbonyl (C=O) groups is 2. The number of imidazole rings is 1. The van der Waals surface area contributed by atoms with Gasteiger partial charge in [0.25, 0.3) is 5.91 Å². The van der Waals surface area contributed by atoms with Crippen molar-refractivity contribution in [3.8, 4) is 5.75 Å². The van der Waals surface area contributed by atoms with Crippen molar-refractivity contribution in [3.63, 3.8) is 0 Å². The summed E-state index contributed by atoms with van der Waals surface area (Å²) in [5, 5.41) is 2.89. The average Bonchev–Trinajstić information content (AvgIpc) is 3.03. The fraction of sp³-hybridized carbons (Fsp3) is 0.312. The standard InChI is InChI=1S/C16H18N4O3/c1-12(8-19-7-6-17-11-19)18-15(21)9-20-13-4-2-3-5-14(13)23-10-16(20)22/h2-7,11-12H,8-10H2,1H3,(H,18,21)/t12-/m0/s1. The Morgan fingerprint density at radius 1 is 1.43 bits per heavy atom. The minimum absolute atomic E-state index is 0.0204. The molecule has 23 heavy (non-hydrogen) atoms. The van der Waals surface area contributed by atoms with E-state index in [-0.39, 0.29) is 31.0 Å². The van der Waals surface area contributed by atoms with E-state index in [0.717, 1.165) is 0 Å². The van der Waals surface area contributed by atoms with Crippen LogP contribution in [0.4, 0.5) is 5.69 Å². The number of nitrogens with zero attached hydrogens (tertiary/aromatic N) is 3. The number of hydrogen-bond acceptors (Lipinski definition) is 4. The molecule has 1 aliphatic rings. The van der Waals surface area contributed by atoms with Gasteiger partial charge in [-0.05, 0) is 19.1 Å². The highest BCUT2D eigenvalue weighted by Crippen LogP contribution is 2.31. The molecular weight excluding hydrogens is 296 g/mol. The summed E-state index contributed by atoms with van der Waals surface area (Å²) in [5.41, 5.74) is 0.626. The average molecular weight is 314 g/mol. The highest BCUT2D eigenvalue weighted by molar-refractivity contribution is 6.02. The maximum absolute atomic E-state index is 12.2. The van der Waals surface area contributed by atoms with Crippen molar-refractivity contribution in [2.75, 3.05) is 18.1 Å². The lowest BCUT2D eigenvalue weighted by Crippen LogP contribution is -2.47. The molecule has 120 valence electrons. The van der Waals surface area contributed by atoms with Gasteiger partial charge in [0, 0.05) is 25.0 Å². The number of para-hydroxylation sites is 2. The molecule has 7 heteroatoms. The smallest absolute Gasteiger partial charge is 0.265 e. The summed E-state index contributed by atoms with van der Waals surface area (Å²) in [5.74, 6) is 0.190. The third kappa shape index (κ3) is 3.50. The normalized spacial score (nSPS) is 14.8. The number of anilines is 1. The molecule has 1 aromatic carbocycles. The van der Waals surface area contributed by atoms with Gasteiger partial charge >= 0.3 is 0 Å². The van der Waals surface area contributed by atoms with E-state index in [2.05, 4.69) is 10.3 Å². The van der Waals surface area contributed by atoms with Crippen LogP contribution >= 0.6 is 0 Å². The van der Waals surface area contributed by atoms with E-state index < -0.39 is 0 Å².